The Morgan fingerprint density at radius 3 is 2.53 bits per heavy atom. The van der Waals surface area contributed by atoms with Crippen LogP contribution >= 0.6 is 0 Å². The molecule has 168 valence electrons. The second kappa shape index (κ2) is 6.52. The Balaban J connectivity index is 1.30. The standard InChI is InChI=1S/C23H28FN7O/c1-21(2,24)14-30-18-10-16(25-11-15(18)12-27-30)19-17(13-26-29-19)28-20(32)31-22(6-7-22)4-3-5-23(31)8-9-23/h10-13H,3-9,14H2,1-2H3,(H,26,29)(H,28,32). The number of alkyl halides is 1. The molecule has 4 heterocycles. The number of hydrogen-bond donors (Lipinski definition) is 2. The first-order valence-corrected chi connectivity index (χ1v) is 11.4. The van der Waals surface area contributed by atoms with Crippen LogP contribution < -0.4 is 5.32 Å². The molecule has 8 nitrogen and oxygen atoms in total. The number of fused-ring (bicyclic) bond motifs is 1. The van der Waals surface area contributed by atoms with Crippen LogP contribution in [0.15, 0.2) is 24.7 Å². The van der Waals surface area contributed by atoms with Crippen molar-refractivity contribution in [2.24, 2.45) is 0 Å². The summed E-state index contributed by atoms with van der Waals surface area (Å²) in [5, 5.41) is 15.4. The van der Waals surface area contributed by atoms with Crippen LogP contribution in [0.1, 0.15) is 58.8 Å². The summed E-state index contributed by atoms with van der Waals surface area (Å²) in [6.07, 6.45) is 12.9. The van der Waals surface area contributed by atoms with Crippen LogP contribution in [-0.2, 0) is 6.54 Å². The van der Waals surface area contributed by atoms with Crippen LogP contribution in [-0.4, -0.2) is 52.6 Å². The van der Waals surface area contributed by atoms with E-state index in [1.165, 1.54) is 20.3 Å². The van der Waals surface area contributed by atoms with Gasteiger partial charge >= 0.3 is 6.03 Å². The largest absolute Gasteiger partial charge is 0.322 e. The van der Waals surface area contributed by atoms with Crippen molar-refractivity contribution in [3.8, 4) is 11.4 Å². The number of nitrogens with one attached hydrogen (secondary N) is 2. The highest BCUT2D eigenvalue weighted by Gasteiger charge is 2.64. The maximum atomic E-state index is 14.2. The Bertz CT molecular complexity index is 1180. The molecule has 0 radical (unpaired) electrons. The number of amides is 2. The molecule has 2 amide bonds. The van der Waals surface area contributed by atoms with E-state index in [-0.39, 0.29) is 23.7 Å². The molecule has 3 aromatic heterocycles. The summed E-state index contributed by atoms with van der Waals surface area (Å²) in [5.74, 6) is 0. The number of hydrogen-bond acceptors (Lipinski definition) is 4. The second-order valence-electron chi connectivity index (χ2n) is 10.4. The van der Waals surface area contributed by atoms with E-state index < -0.39 is 5.67 Å². The lowest BCUT2D eigenvalue weighted by atomic mass is 9.92. The zero-order valence-electron chi connectivity index (χ0n) is 18.5. The van der Waals surface area contributed by atoms with Gasteiger partial charge in [0.15, 0.2) is 0 Å². The lowest BCUT2D eigenvalue weighted by Crippen LogP contribution is -2.55. The summed E-state index contributed by atoms with van der Waals surface area (Å²) in [5.41, 5.74) is 1.40. The third kappa shape index (κ3) is 3.17. The Morgan fingerprint density at radius 2 is 1.88 bits per heavy atom. The molecular weight excluding hydrogens is 409 g/mol. The van der Waals surface area contributed by atoms with E-state index in [0.29, 0.717) is 17.1 Å². The molecule has 32 heavy (non-hydrogen) atoms. The maximum Gasteiger partial charge on any atom is 0.322 e. The molecule has 0 unspecified atom stereocenters. The summed E-state index contributed by atoms with van der Waals surface area (Å²) >= 11 is 0. The molecule has 0 atom stereocenters. The van der Waals surface area contributed by atoms with Gasteiger partial charge < -0.3 is 10.2 Å². The summed E-state index contributed by atoms with van der Waals surface area (Å²) in [7, 11) is 0. The molecular formula is C23H28FN7O. The second-order valence-corrected chi connectivity index (χ2v) is 10.4. The number of urea groups is 1. The van der Waals surface area contributed by atoms with Crippen LogP contribution in [0.5, 0.6) is 0 Å². The van der Waals surface area contributed by atoms with E-state index in [4.69, 9.17) is 0 Å². The normalized spacial score (nSPS) is 20.8. The quantitative estimate of drug-likeness (QED) is 0.621. The van der Waals surface area contributed by atoms with E-state index in [2.05, 4.69) is 30.5 Å². The minimum atomic E-state index is -1.39. The van der Waals surface area contributed by atoms with Gasteiger partial charge in [0.05, 0.1) is 35.8 Å². The van der Waals surface area contributed by atoms with Gasteiger partial charge in [-0.25, -0.2) is 9.18 Å². The molecule has 3 fully saturated rings. The topological polar surface area (TPSA) is 91.7 Å². The number of likely N-dealkylation sites (tertiary alicyclic amines) is 1. The van der Waals surface area contributed by atoms with Gasteiger partial charge in [0.1, 0.15) is 11.4 Å². The molecule has 3 aromatic rings. The van der Waals surface area contributed by atoms with Crippen molar-refractivity contribution in [2.75, 3.05) is 5.32 Å². The van der Waals surface area contributed by atoms with E-state index >= 15 is 0 Å². The van der Waals surface area contributed by atoms with Crippen LogP contribution in [0.3, 0.4) is 0 Å². The number of carbonyl (C=O) groups is 1. The molecule has 1 aliphatic heterocycles. The first-order chi connectivity index (χ1) is 15.3. The van der Waals surface area contributed by atoms with Crippen molar-refractivity contribution >= 4 is 22.6 Å². The number of piperidine rings is 1. The molecule has 3 aliphatic rings. The monoisotopic (exact) mass is 437 g/mol. The van der Waals surface area contributed by atoms with Gasteiger partial charge in [0, 0.05) is 22.7 Å². The lowest BCUT2D eigenvalue weighted by Gasteiger charge is -2.43. The fraction of sp³-hybridized carbons (Fsp3) is 0.565. The summed E-state index contributed by atoms with van der Waals surface area (Å²) in [4.78, 5) is 20.1. The first-order valence-electron chi connectivity index (χ1n) is 11.4. The summed E-state index contributed by atoms with van der Waals surface area (Å²) in [6.45, 7) is 3.21. The van der Waals surface area contributed by atoms with Crippen molar-refractivity contribution < 1.29 is 9.18 Å². The zero-order chi connectivity index (χ0) is 22.1. The average molecular weight is 438 g/mol. The minimum Gasteiger partial charge on any atom is -0.313 e. The van der Waals surface area contributed by atoms with Gasteiger partial charge in [-0.3, -0.25) is 14.8 Å². The van der Waals surface area contributed by atoms with Gasteiger partial charge in [-0.2, -0.15) is 10.2 Å². The van der Waals surface area contributed by atoms with E-state index in [1.807, 2.05) is 6.07 Å². The van der Waals surface area contributed by atoms with Crippen LogP contribution in [0.2, 0.25) is 0 Å². The smallest absolute Gasteiger partial charge is 0.313 e. The third-order valence-electron chi connectivity index (χ3n) is 7.28. The number of H-pyrrole nitrogens is 1. The van der Waals surface area contributed by atoms with Crippen molar-refractivity contribution in [3.05, 3.63) is 24.7 Å². The Kier molecular flexibility index (Phi) is 4.02. The zero-order valence-corrected chi connectivity index (χ0v) is 18.5. The number of nitrogens with zero attached hydrogens (tertiary/aromatic N) is 5. The molecule has 6 rings (SSSR count). The number of rotatable bonds is 4. The third-order valence-corrected chi connectivity index (χ3v) is 7.28. The lowest BCUT2D eigenvalue weighted by molar-refractivity contribution is 0.0903. The van der Waals surface area contributed by atoms with Crippen molar-refractivity contribution in [3.63, 3.8) is 0 Å². The highest BCUT2D eigenvalue weighted by Crippen LogP contribution is 2.60. The predicted octanol–water partition coefficient (Wildman–Crippen LogP) is 4.65. The van der Waals surface area contributed by atoms with E-state index in [0.717, 1.165) is 49.4 Å². The molecule has 9 heteroatoms. The van der Waals surface area contributed by atoms with Crippen LogP contribution in [0, 0.1) is 0 Å². The fourth-order valence-corrected chi connectivity index (χ4v) is 5.48. The fourth-order valence-electron chi connectivity index (χ4n) is 5.48. The number of pyridine rings is 1. The molecule has 2 N–H and O–H groups in total. The van der Waals surface area contributed by atoms with Crippen molar-refractivity contribution in [2.45, 2.75) is 82.1 Å². The van der Waals surface area contributed by atoms with Gasteiger partial charge in [-0.05, 0) is 64.9 Å². The molecule has 2 aliphatic carbocycles. The highest BCUT2D eigenvalue weighted by atomic mass is 19.1. The predicted molar refractivity (Wildman–Crippen MR) is 119 cm³/mol. The molecule has 2 spiro atoms. The number of halogens is 1. The average Bonchev–Trinajstić information content (AvgIpc) is 3.57. The maximum absolute atomic E-state index is 14.2. The minimum absolute atomic E-state index is 0.0346. The van der Waals surface area contributed by atoms with Crippen LogP contribution in [0.4, 0.5) is 14.9 Å². The number of aromatic amines is 1. The van der Waals surface area contributed by atoms with E-state index in [1.54, 1.807) is 23.3 Å². The molecule has 1 saturated heterocycles. The first kappa shape index (κ1) is 19.7. The van der Waals surface area contributed by atoms with Gasteiger partial charge in [-0.15, -0.1) is 0 Å². The molecule has 0 aromatic carbocycles. The number of anilines is 1. The Morgan fingerprint density at radius 1 is 1.16 bits per heavy atom. The number of aromatic nitrogens is 5. The highest BCUT2D eigenvalue weighted by molar-refractivity contribution is 5.95. The molecule has 0 bridgehead atoms. The summed E-state index contributed by atoms with van der Waals surface area (Å²) < 4.78 is 15.9. The number of carbonyl (C=O) groups excluding carboxylic acids is 1. The SMILES string of the molecule is CC(C)(F)Cn1ncc2cnc(-c3[nH]ncc3NC(=O)N3C4(CCCC35CC5)CC4)cc21. The van der Waals surface area contributed by atoms with Crippen molar-refractivity contribution in [1.29, 1.82) is 0 Å². The van der Waals surface area contributed by atoms with Crippen molar-refractivity contribution in [1.82, 2.24) is 29.9 Å². The molecule has 2 saturated carbocycles. The van der Waals surface area contributed by atoms with Crippen LogP contribution in [0.25, 0.3) is 22.3 Å². The van der Waals surface area contributed by atoms with E-state index in [9.17, 15) is 9.18 Å². The Labute approximate surface area is 185 Å². The van der Waals surface area contributed by atoms with Gasteiger partial charge in [0.2, 0.25) is 0 Å². The van der Waals surface area contributed by atoms with Gasteiger partial charge in [-0.1, -0.05) is 0 Å². The Hall–Kier alpha value is -2.97. The van der Waals surface area contributed by atoms with Gasteiger partial charge in [0.25, 0.3) is 0 Å². The summed E-state index contributed by atoms with van der Waals surface area (Å²) in [6, 6.07) is 1.83.